The largest absolute Gasteiger partial charge is 0.456 e. The third-order valence-electron chi connectivity index (χ3n) is 3.07. The highest BCUT2D eigenvalue weighted by molar-refractivity contribution is 5.96. The van der Waals surface area contributed by atoms with Gasteiger partial charge < -0.3 is 9.64 Å². The first-order chi connectivity index (χ1) is 9.01. The van der Waals surface area contributed by atoms with Crippen molar-refractivity contribution in [2.24, 2.45) is 0 Å². The SMILES string of the molecule is CCc1cccc(CC)c1N(C)C(=O)COC(C)=O. The van der Waals surface area contributed by atoms with Gasteiger partial charge in [-0.3, -0.25) is 9.59 Å². The van der Waals surface area contributed by atoms with Crippen molar-refractivity contribution in [2.75, 3.05) is 18.6 Å². The fourth-order valence-corrected chi connectivity index (χ4v) is 2.03. The number of para-hydroxylation sites is 1. The van der Waals surface area contributed by atoms with Gasteiger partial charge in [0.2, 0.25) is 0 Å². The predicted molar refractivity (Wildman–Crippen MR) is 75.2 cm³/mol. The normalized spacial score (nSPS) is 10.1. The minimum Gasteiger partial charge on any atom is -0.456 e. The van der Waals surface area contributed by atoms with Gasteiger partial charge in [-0.05, 0) is 24.0 Å². The van der Waals surface area contributed by atoms with E-state index in [1.165, 1.54) is 6.92 Å². The number of rotatable bonds is 5. The molecular weight excluding hydrogens is 242 g/mol. The van der Waals surface area contributed by atoms with Gasteiger partial charge in [0.1, 0.15) is 0 Å². The van der Waals surface area contributed by atoms with Gasteiger partial charge in [-0.1, -0.05) is 32.0 Å². The molecule has 0 bridgehead atoms. The predicted octanol–water partition coefficient (Wildman–Crippen LogP) is 2.34. The molecule has 0 saturated heterocycles. The number of hydrogen-bond acceptors (Lipinski definition) is 3. The zero-order valence-corrected chi connectivity index (χ0v) is 12.0. The first-order valence-electron chi connectivity index (χ1n) is 6.51. The third-order valence-corrected chi connectivity index (χ3v) is 3.07. The lowest BCUT2D eigenvalue weighted by atomic mass is 10.0. The molecule has 1 rings (SSSR count). The van der Waals surface area contributed by atoms with E-state index in [0.29, 0.717) is 0 Å². The number of amides is 1. The van der Waals surface area contributed by atoms with Crippen LogP contribution in [0.25, 0.3) is 0 Å². The number of likely N-dealkylation sites (N-methyl/N-ethyl adjacent to an activating group) is 1. The molecule has 0 aromatic heterocycles. The number of esters is 1. The molecule has 104 valence electrons. The average molecular weight is 263 g/mol. The molecule has 1 amide bonds. The summed E-state index contributed by atoms with van der Waals surface area (Å²) in [6.45, 7) is 5.20. The van der Waals surface area contributed by atoms with Crippen molar-refractivity contribution >= 4 is 17.6 Å². The number of nitrogens with zero attached hydrogens (tertiary/aromatic N) is 1. The van der Waals surface area contributed by atoms with Crippen LogP contribution in [0.4, 0.5) is 5.69 Å². The van der Waals surface area contributed by atoms with Crippen molar-refractivity contribution in [3.8, 4) is 0 Å². The van der Waals surface area contributed by atoms with Crippen LogP contribution in [0, 0.1) is 0 Å². The molecule has 4 nitrogen and oxygen atoms in total. The number of hydrogen-bond donors (Lipinski definition) is 0. The quantitative estimate of drug-likeness (QED) is 0.766. The smallest absolute Gasteiger partial charge is 0.303 e. The van der Waals surface area contributed by atoms with Gasteiger partial charge in [0.05, 0.1) is 0 Å². The maximum absolute atomic E-state index is 12.0. The van der Waals surface area contributed by atoms with Gasteiger partial charge in [0.15, 0.2) is 6.61 Å². The van der Waals surface area contributed by atoms with E-state index in [-0.39, 0.29) is 12.5 Å². The highest BCUT2D eigenvalue weighted by atomic mass is 16.5. The van der Waals surface area contributed by atoms with Crippen molar-refractivity contribution in [2.45, 2.75) is 33.6 Å². The number of ether oxygens (including phenoxy) is 1. The Morgan fingerprint density at radius 2 is 1.68 bits per heavy atom. The zero-order chi connectivity index (χ0) is 14.4. The molecule has 0 fully saturated rings. The molecule has 19 heavy (non-hydrogen) atoms. The molecule has 0 heterocycles. The summed E-state index contributed by atoms with van der Waals surface area (Å²) in [7, 11) is 1.72. The number of benzene rings is 1. The van der Waals surface area contributed by atoms with Crippen molar-refractivity contribution in [3.05, 3.63) is 29.3 Å². The fraction of sp³-hybridized carbons (Fsp3) is 0.467. The Morgan fingerprint density at radius 3 is 2.11 bits per heavy atom. The van der Waals surface area contributed by atoms with Crippen LogP contribution >= 0.6 is 0 Å². The molecule has 1 aromatic rings. The monoisotopic (exact) mass is 263 g/mol. The molecule has 0 unspecified atom stereocenters. The maximum atomic E-state index is 12.0. The summed E-state index contributed by atoms with van der Waals surface area (Å²) in [6, 6.07) is 6.04. The van der Waals surface area contributed by atoms with Gasteiger partial charge in [-0.25, -0.2) is 0 Å². The van der Waals surface area contributed by atoms with Gasteiger partial charge in [0, 0.05) is 19.7 Å². The maximum Gasteiger partial charge on any atom is 0.303 e. The molecule has 0 N–H and O–H groups in total. The Balaban J connectivity index is 3.00. The van der Waals surface area contributed by atoms with E-state index in [4.69, 9.17) is 4.74 Å². The summed E-state index contributed by atoms with van der Waals surface area (Å²) in [6.07, 6.45) is 1.71. The van der Waals surface area contributed by atoms with E-state index in [1.807, 2.05) is 18.2 Å². The highest BCUT2D eigenvalue weighted by Crippen LogP contribution is 2.26. The van der Waals surface area contributed by atoms with Gasteiger partial charge in [-0.15, -0.1) is 0 Å². The number of aryl methyl sites for hydroxylation is 2. The van der Waals surface area contributed by atoms with Gasteiger partial charge in [0.25, 0.3) is 5.91 Å². The van der Waals surface area contributed by atoms with Crippen LogP contribution in [-0.2, 0) is 27.2 Å². The first kappa shape index (κ1) is 15.2. The summed E-state index contributed by atoms with van der Waals surface area (Å²) in [5.74, 6) is -0.660. The first-order valence-corrected chi connectivity index (χ1v) is 6.51. The molecule has 0 aliphatic heterocycles. The summed E-state index contributed by atoms with van der Waals surface area (Å²) in [5.41, 5.74) is 3.18. The molecule has 1 aromatic carbocycles. The zero-order valence-electron chi connectivity index (χ0n) is 12.0. The molecular formula is C15H21NO3. The lowest BCUT2D eigenvalue weighted by molar-refractivity contribution is -0.145. The van der Waals surface area contributed by atoms with Gasteiger partial charge >= 0.3 is 5.97 Å². The van der Waals surface area contributed by atoms with Crippen LogP contribution < -0.4 is 4.90 Å². The fourth-order valence-electron chi connectivity index (χ4n) is 2.03. The van der Waals surface area contributed by atoms with E-state index in [0.717, 1.165) is 29.7 Å². The molecule has 0 aliphatic carbocycles. The molecule has 0 aliphatic rings. The van der Waals surface area contributed by atoms with E-state index >= 15 is 0 Å². The summed E-state index contributed by atoms with van der Waals surface area (Å²) in [5, 5.41) is 0. The summed E-state index contributed by atoms with van der Waals surface area (Å²) >= 11 is 0. The van der Waals surface area contributed by atoms with Crippen LogP contribution in [0.15, 0.2) is 18.2 Å². The van der Waals surface area contributed by atoms with Crippen molar-refractivity contribution in [1.82, 2.24) is 0 Å². The number of carbonyl (C=O) groups excluding carboxylic acids is 2. The Kier molecular flexibility index (Phi) is 5.55. The summed E-state index contributed by atoms with van der Waals surface area (Å²) in [4.78, 5) is 24.4. The average Bonchev–Trinajstić information content (AvgIpc) is 2.42. The van der Waals surface area contributed by atoms with Crippen molar-refractivity contribution in [1.29, 1.82) is 0 Å². The van der Waals surface area contributed by atoms with E-state index in [2.05, 4.69) is 13.8 Å². The van der Waals surface area contributed by atoms with Crippen LogP contribution in [0.2, 0.25) is 0 Å². The lowest BCUT2D eigenvalue weighted by Crippen LogP contribution is -2.32. The summed E-state index contributed by atoms with van der Waals surface area (Å²) < 4.78 is 4.76. The topological polar surface area (TPSA) is 46.6 Å². The lowest BCUT2D eigenvalue weighted by Gasteiger charge is -2.23. The van der Waals surface area contributed by atoms with Crippen LogP contribution in [0.3, 0.4) is 0 Å². The molecule has 0 atom stereocenters. The number of anilines is 1. The van der Waals surface area contributed by atoms with Gasteiger partial charge in [-0.2, -0.15) is 0 Å². The van der Waals surface area contributed by atoms with E-state index in [1.54, 1.807) is 11.9 Å². The Morgan fingerprint density at radius 1 is 1.16 bits per heavy atom. The van der Waals surface area contributed by atoms with Crippen LogP contribution in [0.1, 0.15) is 31.9 Å². The standard InChI is InChI=1S/C15H21NO3/c1-5-12-8-7-9-13(6-2)15(12)16(4)14(18)10-19-11(3)17/h7-9H,5-6,10H2,1-4H3. The van der Waals surface area contributed by atoms with Crippen LogP contribution in [0.5, 0.6) is 0 Å². The molecule has 4 heteroatoms. The Hall–Kier alpha value is -1.84. The number of carbonyl (C=O) groups is 2. The third kappa shape index (κ3) is 3.81. The van der Waals surface area contributed by atoms with E-state index in [9.17, 15) is 9.59 Å². The minimum absolute atomic E-state index is 0.215. The highest BCUT2D eigenvalue weighted by Gasteiger charge is 2.17. The second-order valence-electron chi connectivity index (χ2n) is 4.36. The Labute approximate surface area is 114 Å². The van der Waals surface area contributed by atoms with Crippen molar-refractivity contribution in [3.63, 3.8) is 0 Å². The van der Waals surface area contributed by atoms with Crippen LogP contribution in [-0.4, -0.2) is 25.5 Å². The molecule has 0 radical (unpaired) electrons. The Bertz CT molecular complexity index is 446. The second-order valence-corrected chi connectivity index (χ2v) is 4.36. The molecule has 0 saturated carbocycles. The minimum atomic E-state index is -0.443. The van der Waals surface area contributed by atoms with Crippen molar-refractivity contribution < 1.29 is 14.3 Å². The molecule has 0 spiro atoms. The van der Waals surface area contributed by atoms with E-state index < -0.39 is 5.97 Å². The second kappa shape index (κ2) is 6.92.